The summed E-state index contributed by atoms with van der Waals surface area (Å²) in [6.45, 7) is 0. The molecule has 0 radical (unpaired) electrons. The lowest BCUT2D eigenvalue weighted by atomic mass is 9.43. The minimum Gasteiger partial charge on any atom is -0.309 e. The Kier molecular flexibility index (Phi) is 8.50. The van der Waals surface area contributed by atoms with Gasteiger partial charge in [0.25, 0.3) is 0 Å². The highest BCUT2D eigenvalue weighted by atomic mass is 15.2. The van der Waals surface area contributed by atoms with E-state index in [2.05, 4.69) is 228 Å². The molecule has 15 rings (SSSR count). The van der Waals surface area contributed by atoms with Crippen molar-refractivity contribution in [2.24, 2.45) is 23.7 Å². The second-order valence-electron chi connectivity index (χ2n) is 19.6. The second-order valence-corrected chi connectivity index (χ2v) is 19.6. The summed E-state index contributed by atoms with van der Waals surface area (Å²) in [6.07, 6.45) is 6.89. The minimum absolute atomic E-state index is 0.0547. The molecule has 10 aromatic rings. The summed E-state index contributed by atoms with van der Waals surface area (Å²) in [6, 6.07) is 81.9. The Morgan fingerprint density at radius 2 is 0.879 bits per heavy atom. The van der Waals surface area contributed by atoms with Crippen molar-refractivity contribution in [3.63, 3.8) is 0 Å². The lowest BCUT2D eigenvalue weighted by molar-refractivity contribution is -0.0399. The first-order valence-corrected chi connectivity index (χ1v) is 24.2. The zero-order valence-corrected chi connectivity index (χ0v) is 37.0. The fraction of sp³-hybridized carbons (Fsp3) is 0.156. The molecule has 5 aliphatic rings. The van der Waals surface area contributed by atoms with Crippen molar-refractivity contribution < 1.29 is 0 Å². The predicted molar refractivity (Wildman–Crippen MR) is 275 cm³/mol. The van der Waals surface area contributed by atoms with Gasteiger partial charge < -0.3 is 9.47 Å². The molecule has 1 heterocycles. The molecule has 66 heavy (non-hydrogen) atoms. The van der Waals surface area contributed by atoms with Crippen LogP contribution in [0, 0.1) is 23.7 Å². The Balaban J connectivity index is 1.03. The Hall–Kier alpha value is -7.42. The molecule has 0 aliphatic heterocycles. The van der Waals surface area contributed by atoms with Crippen molar-refractivity contribution in [3.8, 4) is 50.2 Å². The SMILES string of the molecule is c1ccc(-c2ccccc2-c2ccccc2-c2ccccc2N(c2cccc(-n3c4ccccc4c4ccccc43)c2)c2cccc3c2-c2ccccc2C32C3CC4CC(C3)CC2C4)cc1. The smallest absolute Gasteiger partial charge is 0.0543 e. The molecule has 0 amide bonds. The molecule has 2 heteroatoms. The monoisotopic (exact) mass is 846 g/mol. The van der Waals surface area contributed by atoms with Crippen LogP contribution in [-0.2, 0) is 5.41 Å². The first-order valence-electron chi connectivity index (χ1n) is 24.2. The van der Waals surface area contributed by atoms with Gasteiger partial charge in [-0.05, 0) is 143 Å². The summed E-state index contributed by atoms with van der Waals surface area (Å²) in [4.78, 5) is 2.62. The van der Waals surface area contributed by atoms with Crippen molar-refractivity contribution in [1.82, 2.24) is 4.57 Å². The van der Waals surface area contributed by atoms with Crippen LogP contribution in [-0.4, -0.2) is 4.57 Å². The normalized spacial score (nSPS) is 21.1. The van der Waals surface area contributed by atoms with Gasteiger partial charge in [0.1, 0.15) is 0 Å². The number of anilines is 3. The van der Waals surface area contributed by atoms with Gasteiger partial charge in [0.05, 0.1) is 22.4 Å². The Morgan fingerprint density at radius 1 is 0.379 bits per heavy atom. The summed E-state index contributed by atoms with van der Waals surface area (Å²) in [7, 11) is 0. The molecule has 0 unspecified atom stereocenters. The predicted octanol–water partition coefficient (Wildman–Crippen LogP) is 17.0. The van der Waals surface area contributed by atoms with E-state index in [9.17, 15) is 0 Å². The number of rotatable bonds is 7. The van der Waals surface area contributed by atoms with Crippen molar-refractivity contribution in [1.29, 1.82) is 0 Å². The van der Waals surface area contributed by atoms with Crippen LogP contribution in [0.4, 0.5) is 17.1 Å². The molecule has 316 valence electrons. The molecular weight excluding hydrogens is 797 g/mol. The Bertz CT molecular complexity index is 3440. The number of hydrogen-bond acceptors (Lipinski definition) is 1. The zero-order valence-electron chi connectivity index (χ0n) is 37.0. The van der Waals surface area contributed by atoms with Gasteiger partial charge in [-0.15, -0.1) is 0 Å². The largest absolute Gasteiger partial charge is 0.309 e. The average molecular weight is 847 g/mol. The van der Waals surface area contributed by atoms with Crippen molar-refractivity contribution >= 4 is 38.9 Å². The molecular formula is C64H50N2. The number of benzene rings is 9. The van der Waals surface area contributed by atoms with Crippen molar-refractivity contribution in [2.75, 3.05) is 4.90 Å². The van der Waals surface area contributed by atoms with E-state index in [1.165, 1.54) is 110 Å². The average Bonchev–Trinajstić information content (AvgIpc) is 3.87. The van der Waals surface area contributed by atoms with Crippen molar-refractivity contribution in [2.45, 2.75) is 37.5 Å². The van der Waals surface area contributed by atoms with Crippen molar-refractivity contribution in [3.05, 3.63) is 230 Å². The lowest BCUT2D eigenvalue weighted by Gasteiger charge is -2.61. The fourth-order valence-corrected chi connectivity index (χ4v) is 14.2. The van der Waals surface area contributed by atoms with E-state index in [4.69, 9.17) is 0 Å². The highest BCUT2D eigenvalue weighted by molar-refractivity contribution is 6.09. The molecule has 2 nitrogen and oxygen atoms in total. The van der Waals surface area contributed by atoms with Crippen LogP contribution in [0.15, 0.2) is 218 Å². The summed E-state index contributed by atoms with van der Waals surface area (Å²) in [5.74, 6) is 3.14. The topological polar surface area (TPSA) is 8.17 Å². The minimum atomic E-state index is 0.0547. The van der Waals surface area contributed by atoms with Crippen LogP contribution in [0.2, 0.25) is 0 Å². The number of fused-ring (bicyclic) bond motifs is 6. The number of nitrogens with zero attached hydrogens (tertiary/aromatic N) is 2. The fourth-order valence-electron chi connectivity index (χ4n) is 14.2. The maximum absolute atomic E-state index is 2.62. The van der Waals surface area contributed by atoms with E-state index >= 15 is 0 Å². The molecule has 5 aliphatic carbocycles. The Morgan fingerprint density at radius 3 is 1.58 bits per heavy atom. The lowest BCUT2D eigenvalue weighted by Crippen LogP contribution is -2.55. The number of para-hydroxylation sites is 3. The van der Waals surface area contributed by atoms with Gasteiger partial charge in [-0.3, -0.25) is 0 Å². The molecule has 4 saturated carbocycles. The summed E-state index contributed by atoms with van der Waals surface area (Å²) in [5, 5.41) is 2.54. The van der Waals surface area contributed by atoms with Crippen LogP contribution < -0.4 is 4.90 Å². The van der Waals surface area contributed by atoms with Crippen LogP contribution >= 0.6 is 0 Å². The van der Waals surface area contributed by atoms with Gasteiger partial charge in [-0.25, -0.2) is 0 Å². The summed E-state index contributed by atoms with van der Waals surface area (Å²) in [5.41, 5.74) is 20.5. The van der Waals surface area contributed by atoms with Gasteiger partial charge in [0, 0.05) is 38.7 Å². The van der Waals surface area contributed by atoms with Gasteiger partial charge in [0.2, 0.25) is 0 Å². The van der Waals surface area contributed by atoms with E-state index < -0.39 is 0 Å². The second kappa shape index (κ2) is 14.8. The van der Waals surface area contributed by atoms with Gasteiger partial charge >= 0.3 is 0 Å². The first kappa shape index (κ1) is 37.9. The van der Waals surface area contributed by atoms with Gasteiger partial charge in [-0.2, -0.15) is 0 Å². The zero-order chi connectivity index (χ0) is 43.3. The third-order valence-corrected chi connectivity index (χ3v) is 16.4. The standard InChI is InChI=1S/C64H50N2/c1-2-18-44(19-3-1)49-22-4-5-23-50(49)51-24-6-7-25-52(51)53-26-9-13-32-59(53)66(48-21-16-20-47(41-48)65-60-33-14-10-27-54(60)55-28-11-15-34-61(55)65)62-35-17-31-58-63(62)56-29-8-12-30-57(56)64(58)45-37-42-36-43(39-45)40-46(64)38-42/h1-35,41-43,45-46H,36-40H2. The van der Waals surface area contributed by atoms with E-state index in [1.807, 2.05) is 0 Å². The van der Waals surface area contributed by atoms with Crippen LogP contribution in [0.25, 0.3) is 72.0 Å². The van der Waals surface area contributed by atoms with Gasteiger partial charge in [0.15, 0.2) is 0 Å². The molecule has 0 saturated heterocycles. The molecule has 0 atom stereocenters. The van der Waals surface area contributed by atoms with E-state index in [1.54, 1.807) is 11.1 Å². The highest BCUT2D eigenvalue weighted by Crippen LogP contribution is 2.70. The summed E-state index contributed by atoms with van der Waals surface area (Å²) < 4.78 is 2.46. The molecule has 0 N–H and O–H groups in total. The third kappa shape index (κ3) is 5.48. The molecule has 4 bridgehead atoms. The van der Waals surface area contributed by atoms with E-state index in [-0.39, 0.29) is 5.41 Å². The van der Waals surface area contributed by atoms with Gasteiger partial charge in [-0.1, -0.05) is 176 Å². The Labute approximate surface area is 387 Å². The third-order valence-electron chi connectivity index (χ3n) is 16.4. The molecule has 9 aromatic carbocycles. The molecule has 1 spiro atoms. The number of hydrogen-bond donors (Lipinski definition) is 0. The number of aromatic nitrogens is 1. The first-order chi connectivity index (χ1) is 32.7. The van der Waals surface area contributed by atoms with E-state index in [0.29, 0.717) is 11.8 Å². The van der Waals surface area contributed by atoms with Crippen LogP contribution in [0.1, 0.15) is 43.2 Å². The molecule has 1 aromatic heterocycles. The van der Waals surface area contributed by atoms with E-state index in [0.717, 1.165) is 23.2 Å². The highest BCUT2D eigenvalue weighted by Gasteiger charge is 2.62. The maximum Gasteiger partial charge on any atom is 0.0543 e. The maximum atomic E-state index is 2.62. The summed E-state index contributed by atoms with van der Waals surface area (Å²) >= 11 is 0. The molecule has 4 fully saturated rings. The quantitative estimate of drug-likeness (QED) is 0.155. The van der Waals surface area contributed by atoms with Crippen LogP contribution in [0.3, 0.4) is 0 Å². The van der Waals surface area contributed by atoms with Crippen LogP contribution in [0.5, 0.6) is 0 Å².